The van der Waals surface area contributed by atoms with Crippen molar-refractivity contribution in [2.75, 3.05) is 19.7 Å². The van der Waals surface area contributed by atoms with Crippen LogP contribution in [-0.2, 0) is 6.42 Å². The van der Waals surface area contributed by atoms with Gasteiger partial charge in [0, 0.05) is 42.2 Å². The van der Waals surface area contributed by atoms with Gasteiger partial charge in [0.25, 0.3) is 0 Å². The van der Waals surface area contributed by atoms with E-state index in [-0.39, 0.29) is 6.04 Å². The van der Waals surface area contributed by atoms with Crippen LogP contribution in [0.2, 0.25) is 0 Å². The average Bonchev–Trinajstić information content (AvgIpc) is 3.13. The number of aliphatic imine (C=N–C) groups is 1. The van der Waals surface area contributed by atoms with Crippen LogP contribution in [0.5, 0.6) is 5.75 Å². The monoisotopic (exact) mass is 376 g/mol. The molecule has 3 aromatic rings. The number of rotatable bonds is 5. The lowest BCUT2D eigenvalue weighted by Crippen LogP contribution is -2.41. The van der Waals surface area contributed by atoms with Crippen molar-refractivity contribution < 1.29 is 4.74 Å². The molecule has 0 saturated heterocycles. The Hall–Kier alpha value is -2.95. The number of benzene rings is 2. The van der Waals surface area contributed by atoms with Crippen molar-refractivity contribution >= 4 is 16.9 Å². The van der Waals surface area contributed by atoms with E-state index >= 15 is 0 Å². The molecule has 28 heavy (non-hydrogen) atoms. The smallest absolute Gasteiger partial charge is 0.191 e. The van der Waals surface area contributed by atoms with E-state index in [0.29, 0.717) is 0 Å². The maximum Gasteiger partial charge on any atom is 0.191 e. The number of aryl methyl sites for hydroxylation is 1. The highest BCUT2D eigenvalue weighted by atomic mass is 16.5. The van der Waals surface area contributed by atoms with E-state index in [0.717, 1.165) is 44.2 Å². The second kappa shape index (κ2) is 8.38. The Morgan fingerprint density at radius 1 is 1.21 bits per heavy atom. The first kappa shape index (κ1) is 18.4. The van der Waals surface area contributed by atoms with E-state index in [9.17, 15) is 0 Å². The molecule has 1 unspecified atom stereocenters. The Bertz CT molecular complexity index is 976. The number of nitrogens with one attached hydrogen (secondary N) is 3. The second-order valence-electron chi connectivity index (χ2n) is 7.19. The van der Waals surface area contributed by atoms with Gasteiger partial charge in [-0.15, -0.1) is 0 Å². The zero-order chi connectivity index (χ0) is 19.3. The Morgan fingerprint density at radius 2 is 2.11 bits per heavy atom. The molecule has 0 radical (unpaired) electrons. The molecule has 1 aromatic heterocycles. The maximum absolute atomic E-state index is 5.77. The summed E-state index contributed by atoms with van der Waals surface area (Å²) in [4.78, 5) is 8.23. The molecule has 146 valence electrons. The standard InChI is InChI=1S/C23H28N4O/c1-3-24-23(27-20-12-14-28-21-10-5-4-8-19(20)21)25-13-11-17-15-26-22-16(2)7-6-9-18(17)22/h4-10,15,20,26H,3,11-14H2,1-2H3,(H2,24,25,27). The van der Waals surface area contributed by atoms with E-state index in [1.165, 1.54) is 27.6 Å². The lowest BCUT2D eigenvalue weighted by atomic mass is 10.0. The van der Waals surface area contributed by atoms with Gasteiger partial charge in [0.05, 0.1) is 12.6 Å². The molecule has 0 aliphatic carbocycles. The van der Waals surface area contributed by atoms with E-state index in [2.05, 4.69) is 66.0 Å². The summed E-state index contributed by atoms with van der Waals surface area (Å²) in [7, 11) is 0. The van der Waals surface area contributed by atoms with Crippen molar-refractivity contribution in [1.82, 2.24) is 15.6 Å². The third-order valence-electron chi connectivity index (χ3n) is 5.27. The maximum atomic E-state index is 5.77. The Balaban J connectivity index is 1.46. The van der Waals surface area contributed by atoms with Gasteiger partial charge in [-0.05, 0) is 37.5 Å². The fourth-order valence-electron chi connectivity index (χ4n) is 3.84. The predicted molar refractivity (Wildman–Crippen MR) is 115 cm³/mol. The number of ether oxygens (including phenoxy) is 1. The van der Waals surface area contributed by atoms with Gasteiger partial charge < -0.3 is 20.4 Å². The van der Waals surface area contributed by atoms with Crippen molar-refractivity contribution in [3.8, 4) is 5.75 Å². The van der Waals surface area contributed by atoms with Crippen LogP contribution in [0.4, 0.5) is 0 Å². The molecule has 5 heteroatoms. The molecule has 2 heterocycles. The van der Waals surface area contributed by atoms with E-state index in [1.807, 2.05) is 12.1 Å². The third kappa shape index (κ3) is 3.84. The molecule has 0 amide bonds. The SMILES string of the molecule is CCNC(=NCCc1c[nH]c2c(C)cccc12)NC1CCOc2ccccc21. The number of hydrogen-bond acceptors (Lipinski definition) is 2. The number of aromatic amines is 1. The Morgan fingerprint density at radius 3 is 3.00 bits per heavy atom. The van der Waals surface area contributed by atoms with Crippen molar-refractivity contribution in [2.45, 2.75) is 32.7 Å². The van der Waals surface area contributed by atoms with Crippen molar-refractivity contribution in [3.63, 3.8) is 0 Å². The zero-order valence-corrected chi connectivity index (χ0v) is 16.6. The molecule has 0 bridgehead atoms. The van der Waals surface area contributed by atoms with Crippen LogP contribution in [0, 0.1) is 6.92 Å². The number of H-pyrrole nitrogens is 1. The van der Waals surface area contributed by atoms with Crippen molar-refractivity contribution in [2.24, 2.45) is 4.99 Å². The summed E-state index contributed by atoms with van der Waals surface area (Å²) in [6.45, 7) is 6.53. The van der Waals surface area contributed by atoms with Gasteiger partial charge in [-0.1, -0.05) is 36.4 Å². The molecule has 1 aliphatic heterocycles. The van der Waals surface area contributed by atoms with Crippen LogP contribution < -0.4 is 15.4 Å². The highest BCUT2D eigenvalue weighted by molar-refractivity contribution is 5.86. The lowest BCUT2D eigenvalue weighted by Gasteiger charge is -2.28. The predicted octanol–water partition coefficient (Wildman–Crippen LogP) is 4.10. The van der Waals surface area contributed by atoms with Crippen LogP contribution in [0.15, 0.2) is 53.7 Å². The average molecular weight is 377 g/mol. The molecule has 4 rings (SSSR count). The van der Waals surface area contributed by atoms with Gasteiger partial charge in [0.15, 0.2) is 5.96 Å². The van der Waals surface area contributed by atoms with Gasteiger partial charge in [0.1, 0.15) is 5.75 Å². The van der Waals surface area contributed by atoms with Gasteiger partial charge in [-0.25, -0.2) is 0 Å². The first-order chi connectivity index (χ1) is 13.8. The summed E-state index contributed by atoms with van der Waals surface area (Å²) in [5, 5.41) is 8.27. The fourth-order valence-corrected chi connectivity index (χ4v) is 3.84. The topological polar surface area (TPSA) is 61.4 Å². The number of fused-ring (bicyclic) bond motifs is 2. The normalized spacial score (nSPS) is 16.5. The summed E-state index contributed by atoms with van der Waals surface area (Å²) in [5.41, 5.74) is 5.02. The summed E-state index contributed by atoms with van der Waals surface area (Å²) in [6.07, 6.45) is 3.95. The molecule has 1 aliphatic rings. The fraction of sp³-hybridized carbons (Fsp3) is 0.348. The van der Waals surface area contributed by atoms with Crippen LogP contribution >= 0.6 is 0 Å². The minimum atomic E-state index is 0.221. The van der Waals surface area contributed by atoms with Crippen LogP contribution in [0.1, 0.15) is 36.1 Å². The third-order valence-corrected chi connectivity index (χ3v) is 5.27. The number of guanidine groups is 1. The van der Waals surface area contributed by atoms with Crippen LogP contribution in [0.3, 0.4) is 0 Å². The molecule has 0 fully saturated rings. The van der Waals surface area contributed by atoms with Gasteiger partial charge >= 0.3 is 0 Å². The van der Waals surface area contributed by atoms with E-state index < -0.39 is 0 Å². The first-order valence-corrected chi connectivity index (χ1v) is 10.1. The zero-order valence-electron chi connectivity index (χ0n) is 16.6. The highest BCUT2D eigenvalue weighted by Gasteiger charge is 2.21. The van der Waals surface area contributed by atoms with Gasteiger partial charge in [-0.2, -0.15) is 0 Å². The second-order valence-corrected chi connectivity index (χ2v) is 7.19. The molecular formula is C23H28N4O. The largest absolute Gasteiger partial charge is 0.493 e. The molecule has 0 spiro atoms. The van der Waals surface area contributed by atoms with Crippen LogP contribution in [-0.4, -0.2) is 30.6 Å². The molecule has 5 nitrogen and oxygen atoms in total. The lowest BCUT2D eigenvalue weighted by molar-refractivity contribution is 0.261. The number of para-hydroxylation sites is 2. The van der Waals surface area contributed by atoms with E-state index in [4.69, 9.17) is 9.73 Å². The summed E-state index contributed by atoms with van der Waals surface area (Å²) >= 11 is 0. The Kier molecular flexibility index (Phi) is 5.51. The minimum Gasteiger partial charge on any atom is -0.493 e. The molecule has 3 N–H and O–H groups in total. The number of nitrogens with zero attached hydrogens (tertiary/aromatic N) is 1. The highest BCUT2D eigenvalue weighted by Crippen LogP contribution is 2.31. The number of hydrogen-bond donors (Lipinski definition) is 3. The van der Waals surface area contributed by atoms with E-state index in [1.54, 1.807) is 0 Å². The molecule has 0 saturated carbocycles. The Labute approximate surface area is 166 Å². The number of aromatic nitrogens is 1. The van der Waals surface area contributed by atoms with Gasteiger partial charge in [-0.3, -0.25) is 4.99 Å². The molecule has 1 atom stereocenters. The quantitative estimate of drug-likeness (QED) is 0.464. The van der Waals surface area contributed by atoms with Crippen LogP contribution in [0.25, 0.3) is 10.9 Å². The first-order valence-electron chi connectivity index (χ1n) is 10.1. The van der Waals surface area contributed by atoms with Gasteiger partial charge in [0.2, 0.25) is 0 Å². The summed E-state index contributed by atoms with van der Waals surface area (Å²) in [5.74, 6) is 1.83. The van der Waals surface area contributed by atoms with Crippen molar-refractivity contribution in [1.29, 1.82) is 0 Å². The summed E-state index contributed by atoms with van der Waals surface area (Å²) < 4.78 is 5.77. The molecular weight excluding hydrogens is 348 g/mol. The van der Waals surface area contributed by atoms with Crippen molar-refractivity contribution in [3.05, 3.63) is 65.4 Å². The summed E-state index contributed by atoms with van der Waals surface area (Å²) in [6, 6.07) is 14.9. The minimum absolute atomic E-state index is 0.221. The molecule has 2 aromatic carbocycles.